The summed E-state index contributed by atoms with van der Waals surface area (Å²) < 4.78 is 32.8. The van der Waals surface area contributed by atoms with Crippen molar-refractivity contribution in [2.45, 2.75) is 89.9 Å². The van der Waals surface area contributed by atoms with Crippen LogP contribution in [-0.4, -0.2) is 5.97 Å². The van der Waals surface area contributed by atoms with Crippen molar-refractivity contribution in [1.29, 1.82) is 5.26 Å². The van der Waals surface area contributed by atoms with Gasteiger partial charge in [-0.05, 0) is 73.5 Å². The van der Waals surface area contributed by atoms with Gasteiger partial charge in [-0.25, -0.2) is 13.6 Å². The van der Waals surface area contributed by atoms with E-state index in [2.05, 4.69) is 6.92 Å². The van der Waals surface area contributed by atoms with Crippen LogP contribution in [0.5, 0.6) is 5.75 Å². The lowest BCUT2D eigenvalue weighted by Crippen LogP contribution is -2.30. The first-order valence-electron chi connectivity index (χ1n) is 13.7. The topological polar surface area (TPSA) is 50.1 Å². The second-order valence-electron chi connectivity index (χ2n) is 10.8. The zero-order valence-electron chi connectivity index (χ0n) is 21.3. The molecule has 4 unspecified atom stereocenters. The molecule has 36 heavy (non-hydrogen) atoms. The second-order valence-corrected chi connectivity index (χ2v) is 10.8. The smallest absolute Gasteiger partial charge is 0.343 e. The highest BCUT2D eigenvalue weighted by atomic mass is 19.1. The van der Waals surface area contributed by atoms with Gasteiger partial charge >= 0.3 is 5.97 Å². The normalized spacial score (nSPS) is 23.5. The number of carbonyl (C=O) groups excluding carboxylic acids is 1. The fourth-order valence-corrected chi connectivity index (χ4v) is 6.36. The summed E-state index contributed by atoms with van der Waals surface area (Å²) in [6.07, 6.45) is 16.1. The van der Waals surface area contributed by atoms with Crippen LogP contribution in [0, 0.1) is 40.7 Å². The average Bonchev–Trinajstić information content (AvgIpc) is 2.88. The zero-order chi connectivity index (χ0) is 25.5. The lowest BCUT2D eigenvalue weighted by atomic mass is 9.63. The molecule has 192 valence electrons. The molecule has 2 aliphatic carbocycles. The number of nitrogens with zero attached hydrogens (tertiary/aromatic N) is 1. The molecule has 5 heteroatoms. The van der Waals surface area contributed by atoms with Crippen LogP contribution in [-0.2, 0) is 0 Å². The maximum absolute atomic E-state index is 13.8. The first-order chi connectivity index (χ1) is 17.5. The Kier molecular flexibility index (Phi) is 9.13. The summed E-state index contributed by atoms with van der Waals surface area (Å²) in [7, 11) is 0. The van der Waals surface area contributed by atoms with Crippen LogP contribution in [0.15, 0.2) is 36.4 Å². The summed E-state index contributed by atoms with van der Waals surface area (Å²) in [5, 5.41) is 8.78. The van der Waals surface area contributed by atoms with Crippen LogP contribution in [0.25, 0.3) is 0 Å². The van der Waals surface area contributed by atoms with Crippen molar-refractivity contribution in [3.63, 3.8) is 0 Å². The van der Waals surface area contributed by atoms with Gasteiger partial charge in [-0.2, -0.15) is 5.26 Å². The molecule has 2 aliphatic rings. The standard InChI is InChI=1S/C31H37F2NO2/c1-2-3-4-5-6-7-21-8-9-26-17-25(15-14-24(26)16-21)22-10-12-23(13-11-22)31(35)36-27-18-29(32)28(20-34)30(33)19-27/h10-13,18-19,21,24-26H,2-9,14-17H2,1H3. The van der Waals surface area contributed by atoms with Crippen LogP contribution < -0.4 is 4.74 Å². The summed E-state index contributed by atoms with van der Waals surface area (Å²) in [5.41, 5.74) is 0.889. The molecule has 0 heterocycles. The van der Waals surface area contributed by atoms with Crippen molar-refractivity contribution in [1.82, 2.24) is 0 Å². The second kappa shape index (κ2) is 12.5. The van der Waals surface area contributed by atoms with Crippen LogP contribution in [0.1, 0.15) is 111 Å². The zero-order valence-corrected chi connectivity index (χ0v) is 21.3. The van der Waals surface area contributed by atoms with E-state index in [9.17, 15) is 13.6 Å². The van der Waals surface area contributed by atoms with Crippen molar-refractivity contribution < 1.29 is 18.3 Å². The Morgan fingerprint density at radius 3 is 2.31 bits per heavy atom. The molecule has 0 N–H and O–H groups in total. The molecule has 2 saturated carbocycles. The largest absolute Gasteiger partial charge is 0.423 e. The van der Waals surface area contributed by atoms with E-state index in [0.29, 0.717) is 11.5 Å². The van der Waals surface area contributed by atoms with E-state index >= 15 is 0 Å². The number of hydrogen-bond acceptors (Lipinski definition) is 3. The van der Waals surface area contributed by atoms with Gasteiger partial charge in [0.25, 0.3) is 0 Å². The van der Waals surface area contributed by atoms with E-state index in [-0.39, 0.29) is 5.75 Å². The lowest BCUT2D eigenvalue weighted by Gasteiger charge is -2.42. The number of esters is 1. The van der Waals surface area contributed by atoms with Gasteiger partial charge in [-0.1, -0.05) is 64.0 Å². The molecular formula is C31H37F2NO2. The maximum Gasteiger partial charge on any atom is 0.343 e. The van der Waals surface area contributed by atoms with Crippen LogP contribution in [0.2, 0.25) is 0 Å². The minimum Gasteiger partial charge on any atom is -0.423 e. The average molecular weight is 494 g/mol. The molecule has 0 spiro atoms. The quantitative estimate of drug-likeness (QED) is 0.199. The van der Waals surface area contributed by atoms with Gasteiger partial charge in [0.2, 0.25) is 0 Å². The molecule has 2 aromatic carbocycles. The molecule has 0 amide bonds. The van der Waals surface area contributed by atoms with Crippen molar-refractivity contribution >= 4 is 5.97 Å². The molecule has 3 nitrogen and oxygen atoms in total. The molecular weight excluding hydrogens is 456 g/mol. The van der Waals surface area contributed by atoms with E-state index in [1.54, 1.807) is 12.1 Å². The fraction of sp³-hybridized carbons (Fsp3) is 0.548. The van der Waals surface area contributed by atoms with E-state index in [4.69, 9.17) is 10.00 Å². The predicted molar refractivity (Wildman–Crippen MR) is 137 cm³/mol. The van der Waals surface area contributed by atoms with Crippen molar-refractivity contribution in [3.8, 4) is 11.8 Å². The minimum absolute atomic E-state index is 0.257. The van der Waals surface area contributed by atoms with Gasteiger partial charge in [0.1, 0.15) is 29.0 Å². The summed E-state index contributed by atoms with van der Waals surface area (Å²) in [6, 6.07) is 10.6. The molecule has 2 fully saturated rings. The predicted octanol–water partition coefficient (Wildman–Crippen LogP) is 8.72. The third kappa shape index (κ3) is 6.52. The number of unbranched alkanes of at least 4 members (excludes halogenated alkanes) is 4. The van der Waals surface area contributed by atoms with Gasteiger partial charge in [0.05, 0.1) is 5.56 Å². The number of rotatable bonds is 9. The van der Waals surface area contributed by atoms with Crippen molar-refractivity contribution in [2.24, 2.45) is 17.8 Å². The van der Waals surface area contributed by atoms with Gasteiger partial charge in [-0.15, -0.1) is 0 Å². The van der Waals surface area contributed by atoms with Crippen LogP contribution in [0.4, 0.5) is 8.78 Å². The highest BCUT2D eigenvalue weighted by molar-refractivity contribution is 5.91. The number of nitriles is 1. The Balaban J connectivity index is 1.28. The molecule has 0 bridgehead atoms. The molecule has 0 saturated heterocycles. The maximum atomic E-state index is 13.8. The SMILES string of the molecule is CCCCCCCC1CCC2CC(c3ccc(C(=O)Oc4cc(F)c(C#N)c(F)c4)cc3)CCC2C1. The summed E-state index contributed by atoms with van der Waals surface area (Å²) in [6.45, 7) is 2.27. The first kappa shape index (κ1) is 26.3. The number of benzene rings is 2. The first-order valence-corrected chi connectivity index (χ1v) is 13.7. The molecule has 4 rings (SSSR count). The molecule has 2 aromatic rings. The molecule has 0 aromatic heterocycles. The lowest BCUT2D eigenvalue weighted by molar-refractivity contribution is 0.0734. The van der Waals surface area contributed by atoms with Crippen LogP contribution >= 0.6 is 0 Å². The Labute approximate surface area is 213 Å². The summed E-state index contributed by atoms with van der Waals surface area (Å²) in [5.74, 6) is 0.0923. The molecule has 0 aliphatic heterocycles. The Bertz CT molecular complexity index is 1050. The Hall–Kier alpha value is -2.74. The number of fused-ring (bicyclic) bond motifs is 1. The van der Waals surface area contributed by atoms with E-state index in [1.165, 1.54) is 88.7 Å². The van der Waals surface area contributed by atoms with Crippen molar-refractivity contribution in [3.05, 3.63) is 64.7 Å². The minimum atomic E-state index is -1.05. The summed E-state index contributed by atoms with van der Waals surface area (Å²) in [4.78, 5) is 12.5. The van der Waals surface area contributed by atoms with Crippen molar-refractivity contribution in [2.75, 3.05) is 0 Å². The third-order valence-electron chi connectivity index (χ3n) is 8.39. The van der Waals surface area contributed by atoms with E-state index < -0.39 is 23.2 Å². The number of halogens is 2. The van der Waals surface area contributed by atoms with E-state index in [1.807, 2.05) is 12.1 Å². The number of hydrogen-bond donors (Lipinski definition) is 0. The highest BCUT2D eigenvalue weighted by Gasteiger charge is 2.35. The van der Waals surface area contributed by atoms with Gasteiger partial charge in [-0.3, -0.25) is 0 Å². The number of carbonyl (C=O) groups is 1. The fourth-order valence-electron chi connectivity index (χ4n) is 6.36. The van der Waals surface area contributed by atoms with Crippen LogP contribution in [0.3, 0.4) is 0 Å². The third-order valence-corrected chi connectivity index (χ3v) is 8.39. The molecule has 4 atom stereocenters. The Morgan fingerprint density at radius 1 is 0.944 bits per heavy atom. The van der Waals surface area contributed by atoms with E-state index in [0.717, 1.165) is 29.9 Å². The van der Waals surface area contributed by atoms with Gasteiger partial charge in [0.15, 0.2) is 0 Å². The Morgan fingerprint density at radius 2 is 1.61 bits per heavy atom. The monoisotopic (exact) mass is 493 g/mol. The number of ether oxygens (including phenoxy) is 1. The summed E-state index contributed by atoms with van der Waals surface area (Å²) >= 11 is 0. The highest BCUT2D eigenvalue weighted by Crippen LogP contribution is 2.48. The molecule has 0 radical (unpaired) electrons. The van der Waals surface area contributed by atoms with Gasteiger partial charge < -0.3 is 4.74 Å². The van der Waals surface area contributed by atoms with Gasteiger partial charge in [0, 0.05) is 12.1 Å².